The molecule has 0 saturated heterocycles. The quantitative estimate of drug-likeness (QED) is 0.647. The second-order valence-corrected chi connectivity index (χ2v) is 3.20. The fourth-order valence-electron chi connectivity index (χ4n) is 0.740. The molecule has 13 heavy (non-hydrogen) atoms. The van der Waals surface area contributed by atoms with Crippen LogP contribution in [-0.4, -0.2) is 23.5 Å². The summed E-state index contributed by atoms with van der Waals surface area (Å²) in [6, 6.07) is 1.60. The highest BCUT2D eigenvalue weighted by molar-refractivity contribution is 7.12. The minimum atomic E-state index is -1.08. The van der Waals surface area contributed by atoms with Crippen LogP contribution in [0.4, 0.5) is 5.69 Å². The molecule has 0 saturated carbocycles. The standard InChI is InChI=1S/C7H8N2O3S/c8-4-1-2-13-6(4)7(12)9-3-5(10)11/h1-2H,3,8H2,(H,9,12)(H,10,11). The number of rotatable bonds is 3. The maximum atomic E-state index is 11.2. The maximum Gasteiger partial charge on any atom is 0.322 e. The van der Waals surface area contributed by atoms with Crippen molar-refractivity contribution < 1.29 is 14.7 Å². The third kappa shape index (κ3) is 2.45. The molecule has 0 fully saturated rings. The molecule has 1 heterocycles. The van der Waals surface area contributed by atoms with Gasteiger partial charge in [-0.05, 0) is 11.4 Å². The number of carboxylic acids is 1. The molecule has 70 valence electrons. The molecule has 0 aliphatic heterocycles. The van der Waals surface area contributed by atoms with Crippen molar-refractivity contribution in [1.82, 2.24) is 5.32 Å². The van der Waals surface area contributed by atoms with E-state index in [2.05, 4.69) is 5.32 Å². The average Bonchev–Trinajstić information content (AvgIpc) is 2.47. The summed E-state index contributed by atoms with van der Waals surface area (Å²) in [4.78, 5) is 21.7. The van der Waals surface area contributed by atoms with Gasteiger partial charge in [0.1, 0.15) is 11.4 Å². The molecule has 1 aromatic rings. The minimum absolute atomic E-state index is 0.348. The van der Waals surface area contributed by atoms with E-state index in [1.165, 1.54) is 11.3 Å². The average molecular weight is 200 g/mol. The third-order valence-electron chi connectivity index (χ3n) is 1.30. The van der Waals surface area contributed by atoms with E-state index >= 15 is 0 Å². The van der Waals surface area contributed by atoms with E-state index < -0.39 is 18.4 Å². The number of anilines is 1. The van der Waals surface area contributed by atoms with Gasteiger partial charge in [0, 0.05) is 0 Å². The largest absolute Gasteiger partial charge is 0.480 e. The number of aliphatic carboxylic acids is 1. The summed E-state index contributed by atoms with van der Waals surface area (Å²) >= 11 is 1.18. The number of nitrogens with two attached hydrogens (primary N) is 1. The molecule has 0 aromatic carbocycles. The van der Waals surface area contributed by atoms with Gasteiger partial charge in [0.05, 0.1) is 5.69 Å². The lowest BCUT2D eigenvalue weighted by atomic mass is 10.4. The van der Waals surface area contributed by atoms with E-state index in [0.717, 1.165) is 0 Å². The first-order valence-electron chi connectivity index (χ1n) is 3.44. The molecule has 5 nitrogen and oxygen atoms in total. The molecule has 6 heteroatoms. The molecule has 1 aromatic heterocycles. The fourth-order valence-corrected chi connectivity index (χ4v) is 1.47. The van der Waals surface area contributed by atoms with Gasteiger partial charge in [0.25, 0.3) is 5.91 Å². The molecule has 0 radical (unpaired) electrons. The predicted octanol–water partition coefficient (Wildman–Crippen LogP) is 0.145. The van der Waals surface area contributed by atoms with Crippen molar-refractivity contribution >= 4 is 28.9 Å². The Bertz CT molecular complexity index is 334. The Morgan fingerprint density at radius 1 is 1.62 bits per heavy atom. The maximum absolute atomic E-state index is 11.2. The Morgan fingerprint density at radius 2 is 2.31 bits per heavy atom. The molecular formula is C7H8N2O3S. The number of amides is 1. The van der Waals surface area contributed by atoms with Gasteiger partial charge in [0.2, 0.25) is 0 Å². The van der Waals surface area contributed by atoms with Crippen LogP contribution in [0.1, 0.15) is 9.67 Å². The van der Waals surface area contributed by atoms with Crippen LogP contribution in [0.3, 0.4) is 0 Å². The zero-order chi connectivity index (χ0) is 9.84. The zero-order valence-electron chi connectivity index (χ0n) is 6.61. The number of thiophene rings is 1. The molecule has 0 aliphatic carbocycles. The Hall–Kier alpha value is -1.56. The zero-order valence-corrected chi connectivity index (χ0v) is 7.43. The van der Waals surface area contributed by atoms with Gasteiger partial charge in [-0.3, -0.25) is 9.59 Å². The minimum Gasteiger partial charge on any atom is -0.480 e. The summed E-state index contributed by atoms with van der Waals surface area (Å²) in [5.41, 5.74) is 5.82. The summed E-state index contributed by atoms with van der Waals surface area (Å²) in [6.45, 7) is -0.393. The monoisotopic (exact) mass is 200 g/mol. The number of hydrogen-bond donors (Lipinski definition) is 3. The van der Waals surface area contributed by atoms with Crippen LogP contribution >= 0.6 is 11.3 Å². The van der Waals surface area contributed by atoms with Crippen molar-refractivity contribution in [2.24, 2.45) is 0 Å². The smallest absolute Gasteiger partial charge is 0.322 e. The van der Waals surface area contributed by atoms with E-state index in [9.17, 15) is 9.59 Å². The molecule has 0 spiro atoms. The Balaban J connectivity index is 2.59. The van der Waals surface area contributed by atoms with Crippen LogP contribution in [0.5, 0.6) is 0 Å². The Morgan fingerprint density at radius 3 is 2.77 bits per heavy atom. The Labute approximate surface area is 78.2 Å². The first-order chi connectivity index (χ1) is 6.11. The van der Waals surface area contributed by atoms with E-state index in [4.69, 9.17) is 10.8 Å². The van der Waals surface area contributed by atoms with Crippen LogP contribution in [0.25, 0.3) is 0 Å². The highest BCUT2D eigenvalue weighted by Gasteiger charge is 2.11. The lowest BCUT2D eigenvalue weighted by Crippen LogP contribution is -2.29. The SMILES string of the molecule is Nc1ccsc1C(=O)NCC(=O)O. The first-order valence-corrected chi connectivity index (χ1v) is 4.32. The fraction of sp³-hybridized carbons (Fsp3) is 0.143. The number of carboxylic acid groups (broad SMARTS) is 1. The molecule has 0 bridgehead atoms. The van der Waals surface area contributed by atoms with Crippen LogP contribution < -0.4 is 11.1 Å². The molecule has 1 rings (SSSR count). The second kappa shape index (κ2) is 3.90. The van der Waals surface area contributed by atoms with Crippen molar-refractivity contribution in [2.45, 2.75) is 0 Å². The van der Waals surface area contributed by atoms with Crippen molar-refractivity contribution in [3.05, 3.63) is 16.3 Å². The summed E-state index contributed by atoms with van der Waals surface area (Å²) in [5.74, 6) is -1.53. The predicted molar refractivity (Wildman–Crippen MR) is 48.7 cm³/mol. The molecule has 0 atom stereocenters. The molecule has 0 aliphatic rings. The van der Waals surface area contributed by atoms with Crippen molar-refractivity contribution in [2.75, 3.05) is 12.3 Å². The third-order valence-corrected chi connectivity index (χ3v) is 2.23. The highest BCUT2D eigenvalue weighted by atomic mass is 32.1. The molecule has 0 unspecified atom stereocenters. The van der Waals surface area contributed by atoms with Crippen LogP contribution in [0, 0.1) is 0 Å². The molecule has 1 amide bonds. The second-order valence-electron chi connectivity index (χ2n) is 2.28. The van der Waals surface area contributed by atoms with E-state index in [0.29, 0.717) is 10.6 Å². The van der Waals surface area contributed by atoms with Crippen LogP contribution in [0.2, 0.25) is 0 Å². The number of carbonyl (C=O) groups excluding carboxylic acids is 1. The van der Waals surface area contributed by atoms with Gasteiger partial charge in [-0.2, -0.15) is 0 Å². The summed E-state index contributed by atoms with van der Waals surface area (Å²) < 4.78 is 0. The first kappa shape index (κ1) is 9.53. The number of carbonyl (C=O) groups is 2. The van der Waals surface area contributed by atoms with E-state index in [-0.39, 0.29) is 0 Å². The number of nitrogens with one attached hydrogen (secondary N) is 1. The normalized spacial score (nSPS) is 9.54. The number of hydrogen-bond acceptors (Lipinski definition) is 4. The van der Waals surface area contributed by atoms with Gasteiger partial charge >= 0.3 is 5.97 Å². The molecule has 4 N–H and O–H groups in total. The van der Waals surface area contributed by atoms with Crippen LogP contribution in [0.15, 0.2) is 11.4 Å². The highest BCUT2D eigenvalue weighted by Crippen LogP contribution is 2.17. The summed E-state index contributed by atoms with van der Waals surface area (Å²) in [5, 5.41) is 12.2. The van der Waals surface area contributed by atoms with Gasteiger partial charge in [-0.25, -0.2) is 0 Å². The van der Waals surface area contributed by atoms with Gasteiger partial charge in [-0.1, -0.05) is 0 Å². The van der Waals surface area contributed by atoms with Crippen molar-refractivity contribution in [1.29, 1.82) is 0 Å². The van der Waals surface area contributed by atoms with Crippen molar-refractivity contribution in [3.63, 3.8) is 0 Å². The summed E-state index contributed by atoms with van der Waals surface area (Å²) in [7, 11) is 0. The lowest BCUT2D eigenvalue weighted by Gasteiger charge is -1.99. The van der Waals surface area contributed by atoms with Gasteiger partial charge < -0.3 is 16.2 Å². The topological polar surface area (TPSA) is 92.4 Å². The summed E-state index contributed by atoms with van der Waals surface area (Å²) in [6.07, 6.45) is 0. The van der Waals surface area contributed by atoms with Gasteiger partial charge in [0.15, 0.2) is 0 Å². The van der Waals surface area contributed by atoms with Crippen molar-refractivity contribution in [3.8, 4) is 0 Å². The van der Waals surface area contributed by atoms with E-state index in [1.54, 1.807) is 11.4 Å². The van der Waals surface area contributed by atoms with Crippen LogP contribution in [-0.2, 0) is 4.79 Å². The van der Waals surface area contributed by atoms with E-state index in [1.807, 2.05) is 0 Å². The van der Waals surface area contributed by atoms with Gasteiger partial charge in [-0.15, -0.1) is 11.3 Å². The Kier molecular flexibility index (Phi) is 2.86. The lowest BCUT2D eigenvalue weighted by molar-refractivity contribution is -0.135. The molecular weight excluding hydrogens is 192 g/mol. The number of nitrogen functional groups attached to an aromatic ring is 1.